The van der Waals surface area contributed by atoms with Gasteiger partial charge >= 0.3 is 132 Å². The van der Waals surface area contributed by atoms with Crippen LogP contribution in [0.1, 0.15) is 0 Å². The van der Waals surface area contributed by atoms with Gasteiger partial charge < -0.3 is 0 Å². The Kier molecular flexibility index (Phi) is 3.89. The van der Waals surface area contributed by atoms with Gasteiger partial charge in [0.25, 0.3) is 0 Å². The van der Waals surface area contributed by atoms with E-state index in [9.17, 15) is 0 Å². The molecule has 1 heterocycles. The number of nitrogen functional groups attached to an aromatic ring is 1. The summed E-state index contributed by atoms with van der Waals surface area (Å²) in [6.07, 6.45) is 1.74. The van der Waals surface area contributed by atoms with Crippen LogP contribution in [0.3, 0.4) is 0 Å². The van der Waals surface area contributed by atoms with Crippen molar-refractivity contribution in [2.24, 2.45) is 0 Å². The van der Waals surface area contributed by atoms with E-state index in [0.29, 0.717) is 11.6 Å². The van der Waals surface area contributed by atoms with Crippen LogP contribution in [0.4, 0.5) is 17.3 Å². The standard InChI is InChI=1S/C16H13AsN4/c17-12-4-1-3-11(9-12)15-7-8-19-16(21-15)20-14-6-2-5-13(18)10-14/h1-10H,18H2,(H,19,20,21). The van der Waals surface area contributed by atoms with Crippen LogP contribution in [-0.2, 0) is 0 Å². The van der Waals surface area contributed by atoms with Crippen LogP contribution in [-0.4, -0.2) is 26.8 Å². The van der Waals surface area contributed by atoms with E-state index in [2.05, 4.69) is 38.2 Å². The Morgan fingerprint density at radius 2 is 1.86 bits per heavy atom. The van der Waals surface area contributed by atoms with E-state index in [1.807, 2.05) is 48.5 Å². The van der Waals surface area contributed by atoms with Gasteiger partial charge in [0, 0.05) is 0 Å². The molecule has 0 fully saturated rings. The third kappa shape index (κ3) is 3.41. The molecule has 0 saturated carbocycles. The minimum absolute atomic E-state index is 0.550. The third-order valence-corrected chi connectivity index (χ3v) is 3.52. The normalized spacial score (nSPS) is 10.3. The molecule has 0 spiro atoms. The molecule has 0 aliphatic rings. The number of nitrogens with one attached hydrogen (secondary N) is 1. The first-order valence-corrected chi connectivity index (χ1v) is 7.39. The number of benzene rings is 2. The van der Waals surface area contributed by atoms with Crippen molar-refractivity contribution in [3.05, 3.63) is 60.8 Å². The summed E-state index contributed by atoms with van der Waals surface area (Å²) in [5.41, 5.74) is 9.28. The predicted molar refractivity (Wildman–Crippen MR) is 87.0 cm³/mol. The van der Waals surface area contributed by atoms with E-state index >= 15 is 0 Å². The number of nitrogens with zero attached hydrogens (tertiary/aromatic N) is 2. The summed E-state index contributed by atoms with van der Waals surface area (Å²) in [7, 11) is 0. The van der Waals surface area contributed by atoms with E-state index in [4.69, 9.17) is 5.73 Å². The van der Waals surface area contributed by atoms with Crippen LogP contribution in [0.5, 0.6) is 0 Å². The average Bonchev–Trinajstić information content (AvgIpc) is 2.47. The van der Waals surface area contributed by atoms with Gasteiger partial charge in [-0.1, -0.05) is 0 Å². The van der Waals surface area contributed by atoms with Gasteiger partial charge in [0.1, 0.15) is 0 Å². The third-order valence-electron chi connectivity index (χ3n) is 2.94. The molecule has 4 nitrogen and oxygen atoms in total. The molecule has 1 aromatic heterocycles. The van der Waals surface area contributed by atoms with Gasteiger partial charge in [0.05, 0.1) is 0 Å². The molecule has 3 N–H and O–H groups in total. The number of anilines is 3. The van der Waals surface area contributed by atoms with Crippen molar-refractivity contribution >= 4 is 38.5 Å². The second kappa shape index (κ2) is 5.98. The van der Waals surface area contributed by atoms with E-state index in [1.54, 1.807) is 6.20 Å². The zero-order valence-electron chi connectivity index (χ0n) is 11.2. The fraction of sp³-hybridized carbons (Fsp3) is 0. The zero-order chi connectivity index (χ0) is 14.7. The Labute approximate surface area is 131 Å². The molecule has 3 rings (SSSR count). The van der Waals surface area contributed by atoms with E-state index in [-0.39, 0.29) is 0 Å². The quantitative estimate of drug-likeness (QED) is 0.569. The molecule has 0 saturated heterocycles. The van der Waals surface area contributed by atoms with Crippen LogP contribution in [0.15, 0.2) is 60.8 Å². The number of hydrogen-bond acceptors (Lipinski definition) is 4. The molecular weight excluding hydrogens is 323 g/mol. The SMILES string of the molecule is Nc1cccc(Nc2nccc(-c3cccc([As])c3)n2)c1. The van der Waals surface area contributed by atoms with Gasteiger partial charge in [-0.05, 0) is 0 Å². The van der Waals surface area contributed by atoms with Crippen molar-refractivity contribution < 1.29 is 0 Å². The number of hydrogen-bond donors (Lipinski definition) is 2. The molecule has 0 amide bonds. The number of aromatic nitrogens is 2. The Bertz CT molecular complexity index is 773. The fourth-order valence-corrected chi connectivity index (χ4v) is 2.46. The van der Waals surface area contributed by atoms with Crippen molar-refractivity contribution in [3.8, 4) is 11.3 Å². The first kappa shape index (κ1) is 13.7. The number of nitrogens with two attached hydrogens (primary N) is 1. The maximum absolute atomic E-state index is 5.77. The number of rotatable bonds is 3. The monoisotopic (exact) mass is 336 g/mol. The minimum atomic E-state index is 0.550. The molecule has 0 aliphatic heterocycles. The first-order chi connectivity index (χ1) is 10.2. The van der Waals surface area contributed by atoms with Crippen LogP contribution in [0.2, 0.25) is 0 Å². The summed E-state index contributed by atoms with van der Waals surface area (Å²) < 4.78 is 1.14. The molecule has 2 aromatic carbocycles. The van der Waals surface area contributed by atoms with Crippen molar-refractivity contribution in [1.29, 1.82) is 0 Å². The van der Waals surface area contributed by atoms with Crippen LogP contribution in [0.25, 0.3) is 11.3 Å². The molecule has 0 unspecified atom stereocenters. The molecule has 5 heteroatoms. The Hall–Kier alpha value is -2.32. The predicted octanol–water partition coefficient (Wildman–Crippen LogP) is 2.26. The molecule has 3 aromatic rings. The van der Waals surface area contributed by atoms with Crippen molar-refractivity contribution in [2.75, 3.05) is 11.1 Å². The second-order valence-electron chi connectivity index (χ2n) is 4.57. The molecular formula is C16H13AsN4. The van der Waals surface area contributed by atoms with Crippen molar-refractivity contribution in [3.63, 3.8) is 0 Å². The first-order valence-electron chi connectivity index (χ1n) is 6.46. The Balaban J connectivity index is 1.90. The van der Waals surface area contributed by atoms with Gasteiger partial charge in [0.2, 0.25) is 0 Å². The summed E-state index contributed by atoms with van der Waals surface area (Å²) in [5.74, 6) is 0.550. The van der Waals surface area contributed by atoms with Gasteiger partial charge in [-0.15, -0.1) is 0 Å². The van der Waals surface area contributed by atoms with Crippen LogP contribution in [0, 0.1) is 0 Å². The maximum atomic E-state index is 5.77. The van der Waals surface area contributed by atoms with E-state index in [1.165, 1.54) is 0 Å². The second-order valence-corrected chi connectivity index (χ2v) is 5.65. The van der Waals surface area contributed by atoms with Gasteiger partial charge in [-0.2, -0.15) is 0 Å². The van der Waals surface area contributed by atoms with Gasteiger partial charge in [-0.25, -0.2) is 0 Å². The summed E-state index contributed by atoms with van der Waals surface area (Å²) in [6.45, 7) is 0. The van der Waals surface area contributed by atoms with Crippen LogP contribution < -0.4 is 15.4 Å². The fourth-order valence-electron chi connectivity index (χ4n) is 1.99. The summed E-state index contributed by atoms with van der Waals surface area (Å²) >= 11 is 2.53. The molecule has 0 bridgehead atoms. The summed E-state index contributed by atoms with van der Waals surface area (Å²) in [4.78, 5) is 8.78. The molecule has 0 aliphatic carbocycles. The van der Waals surface area contributed by atoms with Crippen LogP contribution >= 0.6 is 0 Å². The van der Waals surface area contributed by atoms with E-state index < -0.39 is 0 Å². The topological polar surface area (TPSA) is 63.8 Å². The van der Waals surface area contributed by atoms with E-state index in [0.717, 1.165) is 21.3 Å². The summed E-state index contributed by atoms with van der Waals surface area (Å²) in [5, 5.41) is 3.16. The van der Waals surface area contributed by atoms with Crippen molar-refractivity contribution in [2.45, 2.75) is 0 Å². The molecule has 0 atom stereocenters. The summed E-state index contributed by atoms with van der Waals surface area (Å²) in [6, 6.07) is 17.6. The van der Waals surface area contributed by atoms with Gasteiger partial charge in [0.15, 0.2) is 0 Å². The molecule has 2 radical (unpaired) electrons. The molecule has 102 valence electrons. The average molecular weight is 336 g/mol. The molecule has 21 heavy (non-hydrogen) atoms. The van der Waals surface area contributed by atoms with Crippen molar-refractivity contribution in [1.82, 2.24) is 9.97 Å². The Morgan fingerprint density at radius 1 is 1.00 bits per heavy atom. The van der Waals surface area contributed by atoms with Gasteiger partial charge in [-0.3, -0.25) is 0 Å². The zero-order valence-corrected chi connectivity index (χ0v) is 13.1. The Morgan fingerprint density at radius 3 is 2.67 bits per heavy atom.